The fraction of sp³-hybridized carbons (Fsp3) is 0.688. The second kappa shape index (κ2) is 6.41. The molecule has 7 heteroatoms. The van der Waals surface area contributed by atoms with Crippen molar-refractivity contribution in [3.05, 3.63) is 28.4 Å². The minimum absolute atomic E-state index is 0.00828. The Hall–Kier alpha value is -1.73. The van der Waals surface area contributed by atoms with E-state index in [1.165, 1.54) is 6.20 Å². The van der Waals surface area contributed by atoms with Crippen LogP contribution in [0, 0.1) is 11.8 Å². The summed E-state index contributed by atoms with van der Waals surface area (Å²) in [5.74, 6) is 0.0166. The number of nitrogens with zero attached hydrogens (tertiary/aromatic N) is 2. The van der Waals surface area contributed by atoms with E-state index >= 15 is 0 Å². The van der Waals surface area contributed by atoms with Gasteiger partial charge in [-0.15, -0.1) is 0 Å². The fourth-order valence-electron chi connectivity index (χ4n) is 3.75. The predicted octanol–water partition coefficient (Wildman–Crippen LogP) is 0.410. The van der Waals surface area contributed by atoms with Crippen LogP contribution in [0.3, 0.4) is 0 Å². The first-order chi connectivity index (χ1) is 11.0. The summed E-state index contributed by atoms with van der Waals surface area (Å²) in [7, 11) is 0. The zero-order valence-corrected chi connectivity index (χ0v) is 13.3. The third-order valence-corrected chi connectivity index (χ3v) is 5.24. The zero-order chi connectivity index (χ0) is 16.4. The number of rotatable bonds is 2. The summed E-state index contributed by atoms with van der Waals surface area (Å²) >= 11 is 0. The van der Waals surface area contributed by atoms with Gasteiger partial charge in [-0.1, -0.05) is 6.92 Å². The smallest absolute Gasteiger partial charge is 0.273 e. The number of aromatic nitrogens is 2. The van der Waals surface area contributed by atoms with Gasteiger partial charge < -0.3 is 19.7 Å². The molecular formula is C16H23N3O4. The lowest BCUT2D eigenvalue weighted by atomic mass is 9.70. The molecule has 0 radical (unpaired) electrons. The highest BCUT2D eigenvalue weighted by atomic mass is 16.5. The van der Waals surface area contributed by atoms with Crippen LogP contribution in [0.5, 0.6) is 0 Å². The number of hydrogen-bond acceptors (Lipinski definition) is 5. The summed E-state index contributed by atoms with van der Waals surface area (Å²) in [6, 6.07) is 0. The van der Waals surface area contributed by atoms with Crippen molar-refractivity contribution in [2.24, 2.45) is 11.8 Å². The third kappa shape index (κ3) is 3.16. The van der Waals surface area contributed by atoms with Crippen LogP contribution in [-0.4, -0.2) is 57.8 Å². The van der Waals surface area contributed by atoms with Crippen LogP contribution >= 0.6 is 0 Å². The number of nitrogens with one attached hydrogen (secondary N) is 1. The zero-order valence-electron chi connectivity index (χ0n) is 13.3. The molecule has 126 valence electrons. The number of piperidine rings is 1. The Labute approximate surface area is 134 Å². The lowest BCUT2D eigenvalue weighted by molar-refractivity contribution is -0.125. The van der Waals surface area contributed by atoms with Crippen LogP contribution in [0.15, 0.2) is 17.2 Å². The SMILES string of the molecule is C[C@@H]1CN(C(=O)c2c[nH]c(=O)cn2)CC[C@@]1(O)C1CCOCC1. The molecule has 23 heavy (non-hydrogen) atoms. The van der Waals surface area contributed by atoms with Gasteiger partial charge in [0.15, 0.2) is 0 Å². The molecule has 0 bridgehead atoms. The Kier molecular flexibility index (Phi) is 4.50. The highest BCUT2D eigenvalue weighted by Gasteiger charge is 2.46. The Balaban J connectivity index is 1.69. The molecule has 0 spiro atoms. The number of ether oxygens (including phenoxy) is 1. The van der Waals surface area contributed by atoms with Gasteiger partial charge in [0.1, 0.15) is 5.69 Å². The maximum absolute atomic E-state index is 12.5. The van der Waals surface area contributed by atoms with Crippen molar-refractivity contribution in [2.45, 2.75) is 31.8 Å². The predicted molar refractivity (Wildman–Crippen MR) is 83.0 cm³/mol. The number of carbonyl (C=O) groups excluding carboxylic acids is 1. The summed E-state index contributed by atoms with van der Waals surface area (Å²) in [6.45, 7) is 4.38. The fourth-order valence-corrected chi connectivity index (χ4v) is 3.75. The molecule has 0 saturated carbocycles. The standard InChI is InChI=1S/C16H23N3O4/c1-11-10-19(15(21)13-8-18-14(20)9-17-13)5-4-16(11,22)12-2-6-23-7-3-12/h8-9,11-12,22H,2-7,10H2,1H3,(H,18,20)/t11-,16+/m1/s1. The molecule has 3 rings (SSSR count). The molecule has 2 saturated heterocycles. The second-order valence-corrected chi connectivity index (χ2v) is 6.58. The molecular weight excluding hydrogens is 298 g/mol. The van der Waals surface area contributed by atoms with E-state index in [1.807, 2.05) is 6.92 Å². The first kappa shape index (κ1) is 16.1. The summed E-state index contributed by atoms with van der Waals surface area (Å²) in [5.41, 5.74) is -0.838. The first-order valence-corrected chi connectivity index (χ1v) is 8.15. The number of aromatic amines is 1. The molecule has 0 unspecified atom stereocenters. The van der Waals surface area contributed by atoms with Crippen molar-refractivity contribution in [1.82, 2.24) is 14.9 Å². The minimum Gasteiger partial charge on any atom is -0.389 e. The van der Waals surface area contributed by atoms with Crippen molar-refractivity contribution >= 4 is 5.91 Å². The second-order valence-electron chi connectivity index (χ2n) is 6.58. The molecule has 2 atom stereocenters. The highest BCUT2D eigenvalue weighted by molar-refractivity contribution is 5.92. The van der Waals surface area contributed by atoms with Crippen molar-refractivity contribution in [1.29, 1.82) is 0 Å². The van der Waals surface area contributed by atoms with Gasteiger partial charge in [0.25, 0.3) is 11.5 Å². The molecule has 0 aliphatic carbocycles. The number of likely N-dealkylation sites (tertiary alicyclic amines) is 1. The van der Waals surface area contributed by atoms with Gasteiger partial charge >= 0.3 is 0 Å². The average Bonchev–Trinajstić information content (AvgIpc) is 2.58. The van der Waals surface area contributed by atoms with Crippen LogP contribution in [0.25, 0.3) is 0 Å². The molecule has 2 aliphatic heterocycles. The van der Waals surface area contributed by atoms with Crippen LogP contribution in [0.1, 0.15) is 36.7 Å². The summed E-state index contributed by atoms with van der Waals surface area (Å²) < 4.78 is 5.38. The van der Waals surface area contributed by atoms with Gasteiger partial charge in [-0.3, -0.25) is 9.59 Å². The number of amides is 1. The van der Waals surface area contributed by atoms with Crippen LogP contribution < -0.4 is 5.56 Å². The van der Waals surface area contributed by atoms with Crippen molar-refractivity contribution in [3.8, 4) is 0 Å². The summed E-state index contributed by atoms with van der Waals surface area (Å²) in [4.78, 5) is 31.6. The Morgan fingerprint density at radius 1 is 1.48 bits per heavy atom. The summed E-state index contributed by atoms with van der Waals surface area (Å²) in [5, 5.41) is 11.1. The topological polar surface area (TPSA) is 95.5 Å². The van der Waals surface area contributed by atoms with Crippen molar-refractivity contribution in [2.75, 3.05) is 26.3 Å². The lowest BCUT2D eigenvalue weighted by Crippen LogP contribution is -2.57. The third-order valence-electron chi connectivity index (χ3n) is 5.24. The molecule has 3 heterocycles. The largest absolute Gasteiger partial charge is 0.389 e. The number of hydrogen-bond donors (Lipinski definition) is 2. The van der Waals surface area contributed by atoms with E-state index in [0.717, 1.165) is 19.0 Å². The van der Waals surface area contributed by atoms with Crippen molar-refractivity contribution in [3.63, 3.8) is 0 Å². The maximum Gasteiger partial charge on any atom is 0.273 e. The first-order valence-electron chi connectivity index (χ1n) is 8.15. The van der Waals surface area contributed by atoms with E-state index in [0.29, 0.717) is 32.7 Å². The molecule has 2 fully saturated rings. The molecule has 1 amide bonds. The van der Waals surface area contributed by atoms with E-state index in [-0.39, 0.29) is 29.0 Å². The monoisotopic (exact) mass is 321 g/mol. The lowest BCUT2D eigenvalue weighted by Gasteiger charge is -2.48. The molecule has 2 N–H and O–H groups in total. The van der Waals surface area contributed by atoms with Crippen LogP contribution in [0.2, 0.25) is 0 Å². The minimum atomic E-state index is -0.737. The highest BCUT2D eigenvalue weighted by Crippen LogP contribution is 2.39. The molecule has 2 aliphatic rings. The van der Waals surface area contributed by atoms with Gasteiger partial charge in [-0.25, -0.2) is 4.98 Å². The molecule has 1 aromatic heterocycles. The molecule has 0 aromatic carbocycles. The van der Waals surface area contributed by atoms with Crippen molar-refractivity contribution < 1.29 is 14.6 Å². The van der Waals surface area contributed by atoms with Gasteiger partial charge in [-0.05, 0) is 25.2 Å². The van der Waals surface area contributed by atoms with Gasteiger partial charge in [0.2, 0.25) is 0 Å². The van der Waals surface area contributed by atoms with E-state index in [9.17, 15) is 14.7 Å². The Bertz CT molecular complexity index is 606. The van der Waals surface area contributed by atoms with Gasteiger partial charge in [0.05, 0.1) is 11.8 Å². The summed E-state index contributed by atoms with van der Waals surface area (Å²) in [6.07, 6.45) is 4.76. The van der Waals surface area contributed by atoms with E-state index in [1.54, 1.807) is 4.90 Å². The number of carbonyl (C=O) groups is 1. The number of H-pyrrole nitrogens is 1. The Morgan fingerprint density at radius 2 is 2.22 bits per heavy atom. The maximum atomic E-state index is 12.5. The number of aliphatic hydroxyl groups is 1. The molecule has 7 nitrogen and oxygen atoms in total. The normalized spacial score (nSPS) is 29.5. The Morgan fingerprint density at radius 3 is 2.83 bits per heavy atom. The molecule has 1 aromatic rings. The van der Waals surface area contributed by atoms with Crippen LogP contribution in [0.4, 0.5) is 0 Å². The average molecular weight is 321 g/mol. The van der Waals surface area contributed by atoms with Gasteiger partial charge in [-0.2, -0.15) is 0 Å². The van der Waals surface area contributed by atoms with E-state index in [4.69, 9.17) is 4.74 Å². The van der Waals surface area contributed by atoms with E-state index in [2.05, 4.69) is 9.97 Å². The van der Waals surface area contributed by atoms with Crippen LogP contribution in [-0.2, 0) is 4.74 Å². The van der Waals surface area contributed by atoms with Gasteiger partial charge in [0, 0.05) is 38.4 Å². The van der Waals surface area contributed by atoms with E-state index < -0.39 is 5.60 Å². The quantitative estimate of drug-likeness (QED) is 0.822.